The molecular weight excluding hydrogens is 459 g/mol. The first-order valence-corrected chi connectivity index (χ1v) is 10.5. The Morgan fingerprint density at radius 3 is 2.55 bits per heavy atom. The molecule has 0 aliphatic rings. The van der Waals surface area contributed by atoms with Crippen LogP contribution in [0.3, 0.4) is 0 Å². The average molecular weight is 478 g/mol. The summed E-state index contributed by atoms with van der Waals surface area (Å²) in [5.41, 5.74) is 4.49. The lowest BCUT2D eigenvalue weighted by atomic mass is 10.2. The number of hydrogen-bond acceptors (Lipinski definition) is 4. The summed E-state index contributed by atoms with van der Waals surface area (Å²) in [5, 5.41) is 5.32. The number of rotatable bonds is 8. The van der Waals surface area contributed by atoms with Crippen molar-refractivity contribution in [3.05, 3.63) is 92.4 Å². The van der Waals surface area contributed by atoms with E-state index in [4.69, 9.17) is 44.3 Å². The molecule has 0 saturated carbocycles. The van der Waals surface area contributed by atoms with Gasteiger partial charge in [0.1, 0.15) is 6.61 Å². The van der Waals surface area contributed by atoms with Gasteiger partial charge in [0.2, 0.25) is 0 Å². The fraction of sp³-hybridized carbons (Fsp3) is 0.130. The van der Waals surface area contributed by atoms with E-state index in [-0.39, 0.29) is 0 Å². The van der Waals surface area contributed by atoms with Crippen molar-refractivity contribution >= 4 is 46.9 Å². The Balaban J connectivity index is 1.66. The minimum Gasteiger partial charge on any atom is -0.490 e. The number of halogens is 3. The quantitative estimate of drug-likeness (QED) is 0.302. The molecule has 31 heavy (non-hydrogen) atoms. The van der Waals surface area contributed by atoms with E-state index in [2.05, 4.69) is 10.5 Å². The topological polar surface area (TPSA) is 59.9 Å². The normalized spacial score (nSPS) is 10.8. The summed E-state index contributed by atoms with van der Waals surface area (Å²) in [6.07, 6.45) is 1.51. The number of carbonyl (C=O) groups is 1. The van der Waals surface area contributed by atoms with Crippen molar-refractivity contribution in [1.82, 2.24) is 5.43 Å². The Labute approximate surface area is 195 Å². The first-order chi connectivity index (χ1) is 15.0. The maximum absolute atomic E-state index is 12.2. The second kappa shape index (κ2) is 11.0. The van der Waals surface area contributed by atoms with Crippen LogP contribution in [-0.4, -0.2) is 18.7 Å². The Morgan fingerprint density at radius 1 is 0.968 bits per heavy atom. The number of nitrogens with one attached hydrogen (secondary N) is 1. The summed E-state index contributed by atoms with van der Waals surface area (Å²) in [6.45, 7) is 2.72. The van der Waals surface area contributed by atoms with E-state index >= 15 is 0 Å². The molecule has 0 bridgehead atoms. The van der Waals surface area contributed by atoms with E-state index < -0.39 is 5.91 Å². The Morgan fingerprint density at radius 2 is 1.81 bits per heavy atom. The Hall–Kier alpha value is -2.73. The SMILES string of the molecule is CCOc1cc(/C=N\NC(=O)c2ccc(Cl)c(Cl)c2)ccc1OCc1cccc(Cl)c1. The summed E-state index contributed by atoms with van der Waals surface area (Å²) in [4.78, 5) is 12.2. The van der Waals surface area contributed by atoms with Crippen LogP contribution in [0.15, 0.2) is 65.8 Å². The molecule has 0 heterocycles. The molecule has 0 spiro atoms. The van der Waals surface area contributed by atoms with Gasteiger partial charge in [-0.25, -0.2) is 5.43 Å². The molecule has 0 aliphatic heterocycles. The van der Waals surface area contributed by atoms with Crippen molar-refractivity contribution in [2.75, 3.05) is 6.61 Å². The zero-order valence-electron chi connectivity index (χ0n) is 16.6. The summed E-state index contributed by atoms with van der Waals surface area (Å²) in [7, 11) is 0. The van der Waals surface area contributed by atoms with Gasteiger partial charge in [-0.15, -0.1) is 0 Å². The minimum atomic E-state index is -0.402. The molecule has 0 fully saturated rings. The van der Waals surface area contributed by atoms with Crippen molar-refractivity contribution in [1.29, 1.82) is 0 Å². The highest BCUT2D eigenvalue weighted by molar-refractivity contribution is 6.42. The third kappa shape index (κ3) is 6.62. The van der Waals surface area contributed by atoms with Gasteiger partial charge in [-0.05, 0) is 66.6 Å². The highest BCUT2D eigenvalue weighted by atomic mass is 35.5. The Kier molecular flexibility index (Phi) is 8.18. The second-order valence-corrected chi connectivity index (χ2v) is 7.64. The molecule has 0 aromatic heterocycles. The Bertz CT molecular complexity index is 1100. The molecular formula is C23H19Cl3N2O3. The van der Waals surface area contributed by atoms with Crippen LogP contribution in [0.1, 0.15) is 28.4 Å². The van der Waals surface area contributed by atoms with Crippen LogP contribution in [-0.2, 0) is 6.61 Å². The van der Waals surface area contributed by atoms with E-state index in [0.29, 0.717) is 45.3 Å². The van der Waals surface area contributed by atoms with E-state index in [1.165, 1.54) is 12.3 Å². The van der Waals surface area contributed by atoms with Crippen molar-refractivity contribution in [2.24, 2.45) is 5.10 Å². The molecule has 160 valence electrons. The lowest BCUT2D eigenvalue weighted by molar-refractivity contribution is 0.0955. The van der Waals surface area contributed by atoms with E-state index in [0.717, 1.165) is 11.1 Å². The number of ether oxygens (including phenoxy) is 2. The van der Waals surface area contributed by atoms with E-state index in [9.17, 15) is 4.79 Å². The van der Waals surface area contributed by atoms with Gasteiger partial charge < -0.3 is 9.47 Å². The van der Waals surface area contributed by atoms with Gasteiger partial charge in [0, 0.05) is 10.6 Å². The zero-order chi connectivity index (χ0) is 22.2. The molecule has 8 heteroatoms. The molecule has 5 nitrogen and oxygen atoms in total. The van der Waals surface area contributed by atoms with Crippen molar-refractivity contribution in [3.63, 3.8) is 0 Å². The smallest absolute Gasteiger partial charge is 0.271 e. The average Bonchev–Trinajstić information content (AvgIpc) is 2.75. The van der Waals surface area contributed by atoms with E-state index in [1.54, 1.807) is 24.3 Å². The predicted molar refractivity (Wildman–Crippen MR) is 125 cm³/mol. The van der Waals surface area contributed by atoms with Crippen LogP contribution in [0.2, 0.25) is 15.1 Å². The molecule has 1 N–H and O–H groups in total. The summed E-state index contributed by atoms with van der Waals surface area (Å²) >= 11 is 17.8. The van der Waals surface area contributed by atoms with Crippen LogP contribution in [0.25, 0.3) is 0 Å². The summed E-state index contributed by atoms with van der Waals surface area (Å²) in [5.74, 6) is 0.768. The fourth-order valence-corrected chi connectivity index (χ4v) is 3.16. The van der Waals surface area contributed by atoms with Gasteiger partial charge in [-0.3, -0.25) is 4.79 Å². The fourth-order valence-electron chi connectivity index (χ4n) is 2.65. The molecule has 3 aromatic rings. The molecule has 3 aromatic carbocycles. The maximum atomic E-state index is 12.2. The van der Waals surface area contributed by atoms with Crippen LogP contribution >= 0.6 is 34.8 Å². The summed E-state index contributed by atoms with van der Waals surface area (Å²) in [6, 6.07) is 17.4. The second-order valence-electron chi connectivity index (χ2n) is 6.39. The molecule has 0 atom stereocenters. The molecule has 3 rings (SSSR count). The number of amides is 1. The molecule has 1 amide bonds. The van der Waals surface area contributed by atoms with Crippen LogP contribution in [0, 0.1) is 0 Å². The molecule has 0 unspecified atom stereocenters. The van der Waals surface area contributed by atoms with Crippen molar-refractivity contribution < 1.29 is 14.3 Å². The van der Waals surface area contributed by atoms with Crippen LogP contribution < -0.4 is 14.9 Å². The molecule has 0 saturated heterocycles. The minimum absolute atomic E-state index is 0.299. The number of carbonyl (C=O) groups excluding carboxylic acids is 1. The highest BCUT2D eigenvalue weighted by Crippen LogP contribution is 2.29. The summed E-state index contributed by atoms with van der Waals surface area (Å²) < 4.78 is 11.6. The number of nitrogens with zero attached hydrogens (tertiary/aromatic N) is 1. The van der Waals surface area contributed by atoms with Crippen molar-refractivity contribution in [2.45, 2.75) is 13.5 Å². The number of hydrazone groups is 1. The van der Waals surface area contributed by atoms with Gasteiger partial charge in [0.05, 0.1) is 22.9 Å². The van der Waals surface area contributed by atoms with Gasteiger partial charge >= 0.3 is 0 Å². The lowest BCUT2D eigenvalue weighted by Gasteiger charge is -2.12. The van der Waals surface area contributed by atoms with E-state index in [1.807, 2.05) is 37.3 Å². The van der Waals surface area contributed by atoms with Gasteiger partial charge in [0.15, 0.2) is 11.5 Å². The first-order valence-electron chi connectivity index (χ1n) is 9.39. The third-order valence-electron chi connectivity index (χ3n) is 4.11. The first kappa shape index (κ1) is 22.9. The predicted octanol–water partition coefficient (Wildman–Crippen LogP) is 6.39. The maximum Gasteiger partial charge on any atom is 0.271 e. The van der Waals surface area contributed by atoms with Crippen molar-refractivity contribution in [3.8, 4) is 11.5 Å². The van der Waals surface area contributed by atoms with Crippen LogP contribution in [0.5, 0.6) is 11.5 Å². The largest absolute Gasteiger partial charge is 0.490 e. The highest BCUT2D eigenvalue weighted by Gasteiger charge is 2.09. The number of benzene rings is 3. The zero-order valence-corrected chi connectivity index (χ0v) is 18.8. The standard InChI is InChI=1S/C23H19Cl3N2O3/c1-2-30-22-11-15(6-9-21(22)31-14-16-4-3-5-18(24)10-16)13-27-28-23(29)17-7-8-19(25)20(26)12-17/h3-13H,2,14H2,1H3,(H,28,29)/b27-13-. The van der Waals surface area contributed by atoms with Gasteiger partial charge in [-0.1, -0.05) is 46.9 Å². The van der Waals surface area contributed by atoms with Gasteiger partial charge in [0.25, 0.3) is 5.91 Å². The van der Waals surface area contributed by atoms with Gasteiger partial charge in [-0.2, -0.15) is 5.10 Å². The lowest BCUT2D eigenvalue weighted by Crippen LogP contribution is -2.17. The van der Waals surface area contributed by atoms with Crippen LogP contribution in [0.4, 0.5) is 0 Å². The third-order valence-corrected chi connectivity index (χ3v) is 5.09. The number of hydrogen-bond donors (Lipinski definition) is 1. The molecule has 0 radical (unpaired) electrons. The molecule has 0 aliphatic carbocycles. The monoisotopic (exact) mass is 476 g/mol.